The Kier molecular flexibility index (Phi) is 2.53. The Morgan fingerprint density at radius 1 is 1.31 bits per heavy atom. The van der Waals surface area contributed by atoms with Gasteiger partial charge in [0.15, 0.2) is 5.88 Å². The summed E-state index contributed by atoms with van der Waals surface area (Å²) in [7, 11) is 0. The van der Waals surface area contributed by atoms with Crippen molar-refractivity contribution in [1.82, 2.24) is 4.98 Å². The lowest BCUT2D eigenvalue weighted by atomic mass is 10.1. The van der Waals surface area contributed by atoms with Crippen molar-refractivity contribution in [3.05, 3.63) is 29.3 Å². The summed E-state index contributed by atoms with van der Waals surface area (Å²) in [6.07, 6.45) is -4.38. The number of hydrogen-bond donors (Lipinski definition) is 3. The number of benzene rings is 1. The Labute approximate surface area is 94.5 Å². The SMILES string of the molecule is Oc1[nH]c2ccc(C(F)(F)F)cc2c1CS. The zero-order valence-corrected chi connectivity index (χ0v) is 8.86. The van der Waals surface area contributed by atoms with Crippen LogP contribution in [0.4, 0.5) is 13.2 Å². The Hall–Kier alpha value is -1.30. The van der Waals surface area contributed by atoms with E-state index in [1.165, 1.54) is 6.07 Å². The number of hydrogen-bond acceptors (Lipinski definition) is 2. The zero-order valence-electron chi connectivity index (χ0n) is 7.97. The Morgan fingerprint density at radius 2 is 2.00 bits per heavy atom. The molecule has 0 atom stereocenters. The number of thiol groups is 1. The topological polar surface area (TPSA) is 36.0 Å². The molecule has 1 aromatic heterocycles. The van der Waals surface area contributed by atoms with Crippen LogP contribution in [0.25, 0.3) is 10.9 Å². The second kappa shape index (κ2) is 3.62. The second-order valence-corrected chi connectivity index (χ2v) is 3.68. The molecular weight excluding hydrogens is 239 g/mol. The van der Waals surface area contributed by atoms with E-state index in [9.17, 15) is 18.3 Å². The summed E-state index contributed by atoms with van der Waals surface area (Å²) in [4.78, 5) is 2.60. The minimum Gasteiger partial charge on any atom is -0.494 e. The Balaban J connectivity index is 2.69. The van der Waals surface area contributed by atoms with E-state index in [2.05, 4.69) is 17.6 Å². The van der Waals surface area contributed by atoms with Gasteiger partial charge in [-0.05, 0) is 18.2 Å². The van der Waals surface area contributed by atoms with Gasteiger partial charge in [-0.1, -0.05) is 0 Å². The molecule has 0 fully saturated rings. The molecule has 0 saturated carbocycles. The van der Waals surface area contributed by atoms with Crippen LogP contribution in [0, 0.1) is 0 Å². The van der Waals surface area contributed by atoms with E-state index in [0.29, 0.717) is 16.5 Å². The normalized spacial score (nSPS) is 12.2. The van der Waals surface area contributed by atoms with Gasteiger partial charge in [-0.2, -0.15) is 25.8 Å². The monoisotopic (exact) mass is 247 g/mol. The molecular formula is C10H8F3NOS. The van der Waals surface area contributed by atoms with Crippen molar-refractivity contribution in [1.29, 1.82) is 0 Å². The number of alkyl halides is 3. The number of aromatic nitrogens is 1. The number of halogens is 3. The summed E-state index contributed by atoms with van der Waals surface area (Å²) in [5.74, 6) is 0.0389. The summed E-state index contributed by atoms with van der Waals surface area (Å²) in [5.41, 5.74) is 0.112. The van der Waals surface area contributed by atoms with Crippen LogP contribution in [0.3, 0.4) is 0 Å². The number of H-pyrrole nitrogens is 1. The fourth-order valence-corrected chi connectivity index (χ4v) is 1.89. The summed E-state index contributed by atoms with van der Waals surface area (Å²) >= 11 is 3.97. The van der Waals surface area contributed by atoms with Crippen LogP contribution < -0.4 is 0 Å². The first-order valence-corrected chi connectivity index (χ1v) is 5.08. The van der Waals surface area contributed by atoms with Gasteiger partial charge >= 0.3 is 6.18 Å². The van der Waals surface area contributed by atoms with Crippen molar-refractivity contribution < 1.29 is 18.3 Å². The Morgan fingerprint density at radius 3 is 2.56 bits per heavy atom. The van der Waals surface area contributed by atoms with Gasteiger partial charge in [0.25, 0.3) is 0 Å². The molecule has 2 nitrogen and oxygen atoms in total. The van der Waals surface area contributed by atoms with Crippen molar-refractivity contribution in [3.63, 3.8) is 0 Å². The molecule has 0 bridgehead atoms. The molecule has 0 aliphatic heterocycles. The van der Waals surface area contributed by atoms with E-state index < -0.39 is 11.7 Å². The number of fused-ring (bicyclic) bond motifs is 1. The highest BCUT2D eigenvalue weighted by Crippen LogP contribution is 2.35. The van der Waals surface area contributed by atoms with Gasteiger partial charge in [-0.25, -0.2) is 0 Å². The summed E-state index contributed by atoms with van der Waals surface area (Å²) in [6.45, 7) is 0. The first-order valence-electron chi connectivity index (χ1n) is 4.45. The van der Waals surface area contributed by atoms with E-state index in [1.54, 1.807) is 0 Å². The van der Waals surface area contributed by atoms with E-state index >= 15 is 0 Å². The summed E-state index contributed by atoms with van der Waals surface area (Å²) in [5, 5.41) is 9.79. The first-order chi connectivity index (χ1) is 7.43. The van der Waals surface area contributed by atoms with Crippen LogP contribution in [-0.2, 0) is 11.9 Å². The van der Waals surface area contributed by atoms with E-state index in [1.807, 2.05) is 0 Å². The molecule has 2 rings (SSSR count). The third kappa shape index (κ3) is 1.73. The number of nitrogens with one attached hydrogen (secondary N) is 1. The molecule has 0 aliphatic carbocycles. The lowest BCUT2D eigenvalue weighted by Crippen LogP contribution is -2.04. The largest absolute Gasteiger partial charge is 0.494 e. The number of aromatic amines is 1. The fourth-order valence-electron chi connectivity index (χ4n) is 1.57. The third-order valence-electron chi connectivity index (χ3n) is 2.37. The van der Waals surface area contributed by atoms with Crippen molar-refractivity contribution in [2.45, 2.75) is 11.9 Å². The first kappa shape index (κ1) is 11.2. The summed E-state index contributed by atoms with van der Waals surface area (Å²) < 4.78 is 37.4. The lowest BCUT2D eigenvalue weighted by molar-refractivity contribution is -0.137. The second-order valence-electron chi connectivity index (χ2n) is 3.37. The third-order valence-corrected chi connectivity index (χ3v) is 2.69. The molecule has 0 radical (unpaired) electrons. The van der Waals surface area contributed by atoms with Crippen molar-refractivity contribution in [2.75, 3.05) is 0 Å². The molecule has 0 amide bonds. The van der Waals surface area contributed by atoms with Gasteiger partial charge < -0.3 is 10.1 Å². The number of aromatic hydroxyl groups is 1. The molecule has 0 aliphatic rings. The maximum atomic E-state index is 12.5. The highest BCUT2D eigenvalue weighted by atomic mass is 32.1. The van der Waals surface area contributed by atoms with Gasteiger partial charge in [0, 0.05) is 22.2 Å². The quantitative estimate of drug-likeness (QED) is 0.664. The average molecular weight is 247 g/mol. The van der Waals surface area contributed by atoms with Crippen molar-refractivity contribution >= 4 is 23.5 Å². The zero-order chi connectivity index (χ0) is 11.9. The smallest absolute Gasteiger partial charge is 0.416 e. The maximum absolute atomic E-state index is 12.5. The van der Waals surface area contributed by atoms with Gasteiger partial charge in [0.2, 0.25) is 0 Å². The molecule has 0 unspecified atom stereocenters. The number of rotatable bonds is 1. The summed E-state index contributed by atoms with van der Waals surface area (Å²) in [6, 6.07) is 3.28. The molecule has 6 heteroatoms. The van der Waals surface area contributed by atoms with Gasteiger partial charge in [0.1, 0.15) is 0 Å². The maximum Gasteiger partial charge on any atom is 0.416 e. The van der Waals surface area contributed by atoms with Gasteiger partial charge in [-0.3, -0.25) is 0 Å². The molecule has 1 aromatic carbocycles. The Bertz CT molecular complexity index is 533. The standard InChI is InChI=1S/C10H8F3NOS/c11-10(12,13)5-1-2-8-6(3-5)7(4-16)9(15)14-8/h1-3,14-16H,4H2. The van der Waals surface area contributed by atoms with E-state index in [4.69, 9.17) is 0 Å². The fraction of sp³-hybridized carbons (Fsp3) is 0.200. The van der Waals surface area contributed by atoms with Gasteiger partial charge in [0.05, 0.1) is 5.56 Å². The van der Waals surface area contributed by atoms with E-state index in [-0.39, 0.29) is 11.6 Å². The molecule has 2 aromatic rings. The van der Waals surface area contributed by atoms with E-state index in [0.717, 1.165) is 12.1 Å². The molecule has 0 saturated heterocycles. The van der Waals surface area contributed by atoms with Crippen molar-refractivity contribution in [2.24, 2.45) is 0 Å². The molecule has 86 valence electrons. The van der Waals surface area contributed by atoms with Crippen LogP contribution in [-0.4, -0.2) is 10.1 Å². The van der Waals surface area contributed by atoms with Crippen LogP contribution in [0.2, 0.25) is 0 Å². The highest BCUT2D eigenvalue weighted by molar-refractivity contribution is 7.79. The lowest BCUT2D eigenvalue weighted by Gasteiger charge is -2.06. The highest BCUT2D eigenvalue weighted by Gasteiger charge is 2.30. The molecule has 1 heterocycles. The van der Waals surface area contributed by atoms with Crippen LogP contribution in [0.1, 0.15) is 11.1 Å². The molecule has 2 N–H and O–H groups in total. The molecule has 16 heavy (non-hydrogen) atoms. The minimum absolute atomic E-state index is 0.135. The van der Waals surface area contributed by atoms with Gasteiger partial charge in [-0.15, -0.1) is 0 Å². The minimum atomic E-state index is -4.38. The average Bonchev–Trinajstić information content (AvgIpc) is 2.50. The van der Waals surface area contributed by atoms with Crippen LogP contribution in [0.15, 0.2) is 18.2 Å². The predicted molar refractivity (Wildman–Crippen MR) is 57.7 cm³/mol. The predicted octanol–water partition coefficient (Wildman–Crippen LogP) is 3.32. The van der Waals surface area contributed by atoms with Crippen molar-refractivity contribution in [3.8, 4) is 5.88 Å². The van der Waals surface area contributed by atoms with Crippen LogP contribution >= 0.6 is 12.6 Å². The molecule has 0 spiro atoms. The van der Waals surface area contributed by atoms with Crippen LogP contribution in [0.5, 0.6) is 5.88 Å².